The number of nitrogens with zero attached hydrogens (tertiary/aromatic N) is 7. The lowest BCUT2D eigenvalue weighted by Gasteiger charge is -2.40. The fraction of sp³-hybridized carbons (Fsp3) is 0.412. The average molecular weight is 377 g/mol. The third-order valence-corrected chi connectivity index (χ3v) is 4.73. The van der Waals surface area contributed by atoms with E-state index >= 15 is 0 Å². The highest BCUT2D eigenvalue weighted by molar-refractivity contribution is 5.46. The quantitative estimate of drug-likeness (QED) is 0.698. The van der Waals surface area contributed by atoms with Crippen molar-refractivity contribution >= 4 is 11.5 Å². The van der Waals surface area contributed by atoms with Crippen molar-refractivity contribution in [2.24, 2.45) is 0 Å². The summed E-state index contributed by atoms with van der Waals surface area (Å²) in [5.41, 5.74) is 1.26. The summed E-state index contributed by atoms with van der Waals surface area (Å²) in [5.74, 6) is -0.619. The SMILES string of the molecule is C[C@@H]1CN(c2ccc3nnc(C(F)(F)F)n3n2)CCN1Cc1ccncc1. The number of anilines is 1. The van der Waals surface area contributed by atoms with Crippen LogP contribution in [0.1, 0.15) is 18.3 Å². The van der Waals surface area contributed by atoms with Gasteiger partial charge in [-0.05, 0) is 36.8 Å². The van der Waals surface area contributed by atoms with Gasteiger partial charge in [0, 0.05) is 44.6 Å². The maximum Gasteiger partial charge on any atom is 0.453 e. The van der Waals surface area contributed by atoms with E-state index in [2.05, 4.69) is 32.1 Å². The van der Waals surface area contributed by atoms with Gasteiger partial charge in [0.05, 0.1) is 0 Å². The predicted molar refractivity (Wildman–Crippen MR) is 92.1 cm³/mol. The van der Waals surface area contributed by atoms with Gasteiger partial charge in [-0.1, -0.05) is 0 Å². The molecule has 0 saturated carbocycles. The number of rotatable bonds is 3. The molecule has 10 heteroatoms. The molecule has 0 bridgehead atoms. The van der Waals surface area contributed by atoms with E-state index in [1.54, 1.807) is 18.5 Å². The van der Waals surface area contributed by atoms with Gasteiger partial charge >= 0.3 is 6.18 Å². The molecule has 0 radical (unpaired) electrons. The summed E-state index contributed by atoms with van der Waals surface area (Å²) in [4.78, 5) is 8.36. The minimum atomic E-state index is -4.60. The topological polar surface area (TPSA) is 62.5 Å². The van der Waals surface area contributed by atoms with Gasteiger partial charge in [-0.25, -0.2) is 0 Å². The van der Waals surface area contributed by atoms with E-state index in [-0.39, 0.29) is 11.7 Å². The Morgan fingerprint density at radius 3 is 2.56 bits per heavy atom. The predicted octanol–water partition coefficient (Wildman–Crippen LogP) is 2.25. The van der Waals surface area contributed by atoms with Crippen LogP contribution < -0.4 is 4.90 Å². The summed E-state index contributed by atoms with van der Waals surface area (Å²) in [6, 6.07) is 7.40. The van der Waals surface area contributed by atoms with Crippen LogP contribution in [0.3, 0.4) is 0 Å². The number of aromatic nitrogens is 5. The molecule has 142 valence electrons. The molecule has 27 heavy (non-hydrogen) atoms. The largest absolute Gasteiger partial charge is 0.453 e. The van der Waals surface area contributed by atoms with Crippen LogP contribution in [0.5, 0.6) is 0 Å². The molecule has 0 aromatic carbocycles. The van der Waals surface area contributed by atoms with E-state index in [1.165, 1.54) is 11.6 Å². The van der Waals surface area contributed by atoms with Crippen molar-refractivity contribution in [3.05, 3.63) is 48.0 Å². The molecule has 1 fully saturated rings. The van der Waals surface area contributed by atoms with Crippen molar-refractivity contribution in [2.75, 3.05) is 24.5 Å². The zero-order chi connectivity index (χ0) is 19.0. The van der Waals surface area contributed by atoms with Crippen molar-refractivity contribution in [3.8, 4) is 0 Å². The number of hydrogen-bond donors (Lipinski definition) is 0. The highest BCUT2D eigenvalue weighted by Crippen LogP contribution is 2.28. The van der Waals surface area contributed by atoms with Gasteiger partial charge in [-0.3, -0.25) is 9.88 Å². The molecule has 1 aliphatic rings. The summed E-state index contributed by atoms with van der Waals surface area (Å²) in [7, 11) is 0. The van der Waals surface area contributed by atoms with Crippen LogP contribution in [0.25, 0.3) is 5.65 Å². The van der Waals surface area contributed by atoms with Gasteiger partial charge in [-0.15, -0.1) is 15.3 Å². The Kier molecular flexibility index (Phi) is 4.42. The number of piperazine rings is 1. The van der Waals surface area contributed by atoms with Crippen molar-refractivity contribution in [1.82, 2.24) is 29.7 Å². The first kappa shape index (κ1) is 17.7. The molecule has 3 aromatic heterocycles. The van der Waals surface area contributed by atoms with Gasteiger partial charge in [0.25, 0.3) is 5.82 Å². The summed E-state index contributed by atoms with van der Waals surface area (Å²) in [6.45, 7) is 5.06. The van der Waals surface area contributed by atoms with Gasteiger partial charge in [0.2, 0.25) is 0 Å². The molecule has 1 aliphatic heterocycles. The summed E-state index contributed by atoms with van der Waals surface area (Å²) < 4.78 is 39.9. The molecule has 4 rings (SSSR count). The van der Waals surface area contributed by atoms with E-state index in [0.717, 1.165) is 17.6 Å². The first-order valence-electron chi connectivity index (χ1n) is 8.59. The lowest BCUT2D eigenvalue weighted by atomic mass is 10.1. The van der Waals surface area contributed by atoms with Crippen molar-refractivity contribution in [1.29, 1.82) is 0 Å². The molecular formula is C17H18F3N7. The fourth-order valence-corrected chi connectivity index (χ4v) is 3.29. The first-order valence-corrected chi connectivity index (χ1v) is 8.59. The summed E-state index contributed by atoms with van der Waals surface area (Å²) >= 11 is 0. The van der Waals surface area contributed by atoms with Gasteiger partial charge in [-0.2, -0.15) is 17.7 Å². The van der Waals surface area contributed by atoms with Crippen LogP contribution in [0.4, 0.5) is 19.0 Å². The number of fused-ring (bicyclic) bond motifs is 1. The second-order valence-electron chi connectivity index (χ2n) is 6.60. The Labute approximate surface area is 153 Å². The Balaban J connectivity index is 1.52. The van der Waals surface area contributed by atoms with Gasteiger partial charge in [0.15, 0.2) is 5.65 Å². The first-order chi connectivity index (χ1) is 12.9. The van der Waals surface area contributed by atoms with E-state index < -0.39 is 12.0 Å². The second kappa shape index (κ2) is 6.76. The van der Waals surface area contributed by atoms with Crippen LogP contribution in [0.2, 0.25) is 0 Å². The lowest BCUT2D eigenvalue weighted by molar-refractivity contribution is -0.146. The van der Waals surface area contributed by atoms with E-state index in [4.69, 9.17) is 0 Å². The van der Waals surface area contributed by atoms with E-state index in [9.17, 15) is 13.2 Å². The maximum absolute atomic E-state index is 13.1. The smallest absolute Gasteiger partial charge is 0.352 e. The molecule has 7 nitrogen and oxygen atoms in total. The molecule has 3 aromatic rings. The fourth-order valence-electron chi connectivity index (χ4n) is 3.29. The molecule has 0 N–H and O–H groups in total. The third-order valence-electron chi connectivity index (χ3n) is 4.73. The molecule has 0 aliphatic carbocycles. The maximum atomic E-state index is 13.1. The molecular weight excluding hydrogens is 359 g/mol. The number of alkyl halides is 3. The van der Waals surface area contributed by atoms with Crippen LogP contribution in [-0.4, -0.2) is 55.4 Å². The van der Waals surface area contributed by atoms with Crippen LogP contribution >= 0.6 is 0 Å². The Hall–Kier alpha value is -2.75. The van der Waals surface area contributed by atoms with Crippen LogP contribution in [0, 0.1) is 0 Å². The minimum absolute atomic E-state index is 0.0791. The highest BCUT2D eigenvalue weighted by Gasteiger charge is 2.38. The molecule has 0 amide bonds. The second-order valence-corrected chi connectivity index (χ2v) is 6.60. The zero-order valence-electron chi connectivity index (χ0n) is 14.6. The molecule has 0 unspecified atom stereocenters. The molecule has 1 saturated heterocycles. The lowest BCUT2D eigenvalue weighted by Crippen LogP contribution is -2.51. The zero-order valence-corrected chi connectivity index (χ0v) is 14.6. The number of pyridine rings is 1. The molecule has 4 heterocycles. The Morgan fingerprint density at radius 2 is 1.85 bits per heavy atom. The van der Waals surface area contributed by atoms with Crippen LogP contribution in [0.15, 0.2) is 36.7 Å². The minimum Gasteiger partial charge on any atom is -0.352 e. The standard InChI is InChI=1S/C17H18F3N7/c1-12-10-26(9-8-25(12)11-13-4-6-21-7-5-13)15-3-2-14-22-23-16(17(18,19)20)27(14)24-15/h2-7,12H,8-11H2,1H3/t12-/m1/s1. The van der Waals surface area contributed by atoms with Gasteiger partial charge in [0.1, 0.15) is 5.82 Å². The number of halogens is 3. The third kappa shape index (κ3) is 3.57. The van der Waals surface area contributed by atoms with Crippen LogP contribution in [-0.2, 0) is 12.7 Å². The van der Waals surface area contributed by atoms with Gasteiger partial charge < -0.3 is 4.90 Å². The molecule has 0 spiro atoms. The summed E-state index contributed by atoms with van der Waals surface area (Å²) in [5, 5.41) is 10.9. The Bertz CT molecular complexity index is 925. The molecule has 1 atom stereocenters. The van der Waals surface area contributed by atoms with Crippen molar-refractivity contribution < 1.29 is 13.2 Å². The monoisotopic (exact) mass is 377 g/mol. The van der Waals surface area contributed by atoms with Crippen molar-refractivity contribution in [3.63, 3.8) is 0 Å². The van der Waals surface area contributed by atoms with E-state index in [1.807, 2.05) is 17.0 Å². The highest BCUT2D eigenvalue weighted by atomic mass is 19.4. The Morgan fingerprint density at radius 1 is 1.07 bits per heavy atom. The number of hydrogen-bond acceptors (Lipinski definition) is 6. The van der Waals surface area contributed by atoms with Crippen molar-refractivity contribution in [2.45, 2.75) is 25.7 Å². The average Bonchev–Trinajstić information content (AvgIpc) is 3.08. The normalized spacial score (nSPS) is 19.0. The summed E-state index contributed by atoms with van der Waals surface area (Å²) in [6.07, 6.45) is -1.05. The van der Waals surface area contributed by atoms with E-state index in [0.29, 0.717) is 18.9 Å².